The third-order valence-corrected chi connectivity index (χ3v) is 3.90. The van der Waals surface area contributed by atoms with Crippen LogP contribution in [0.4, 0.5) is 0 Å². The number of aromatic nitrogens is 2. The summed E-state index contributed by atoms with van der Waals surface area (Å²) < 4.78 is 0. The average molecular weight is 321 g/mol. The highest BCUT2D eigenvalue weighted by Gasteiger charge is 2.20. The predicted octanol–water partition coefficient (Wildman–Crippen LogP) is 2.98. The Hall–Kier alpha value is -2.95. The van der Waals surface area contributed by atoms with Crippen LogP contribution in [0.15, 0.2) is 59.4 Å². The van der Waals surface area contributed by atoms with Gasteiger partial charge in [0.15, 0.2) is 5.69 Å². The Bertz CT molecular complexity index is 903. The molecule has 3 aromatic rings. The van der Waals surface area contributed by atoms with E-state index >= 15 is 0 Å². The van der Waals surface area contributed by atoms with Crippen LogP contribution in [-0.4, -0.2) is 27.5 Å². The van der Waals surface area contributed by atoms with E-state index in [0.717, 1.165) is 12.0 Å². The Balaban J connectivity index is 1.99. The molecule has 1 amide bonds. The summed E-state index contributed by atoms with van der Waals surface area (Å²) >= 11 is 0. The monoisotopic (exact) mass is 321 g/mol. The number of hydrogen-bond donors (Lipinski definition) is 1. The van der Waals surface area contributed by atoms with Gasteiger partial charge in [0.05, 0.1) is 5.39 Å². The van der Waals surface area contributed by atoms with Crippen LogP contribution in [0.1, 0.15) is 29.4 Å². The maximum atomic E-state index is 13.0. The summed E-state index contributed by atoms with van der Waals surface area (Å²) in [5, 5.41) is 7.52. The molecular formula is C19H19N3O2. The molecule has 0 aliphatic rings. The van der Waals surface area contributed by atoms with E-state index in [4.69, 9.17) is 0 Å². The summed E-state index contributed by atoms with van der Waals surface area (Å²) in [5.74, 6) is -0.173. The van der Waals surface area contributed by atoms with Crippen molar-refractivity contribution < 1.29 is 4.79 Å². The van der Waals surface area contributed by atoms with Crippen molar-refractivity contribution in [3.8, 4) is 0 Å². The van der Waals surface area contributed by atoms with Gasteiger partial charge in [0.25, 0.3) is 11.5 Å². The molecule has 0 aliphatic carbocycles. The molecule has 0 radical (unpaired) electrons. The van der Waals surface area contributed by atoms with Gasteiger partial charge in [-0.05, 0) is 18.1 Å². The molecule has 0 unspecified atom stereocenters. The van der Waals surface area contributed by atoms with E-state index in [0.29, 0.717) is 23.9 Å². The molecule has 0 spiro atoms. The zero-order chi connectivity index (χ0) is 16.9. The van der Waals surface area contributed by atoms with Gasteiger partial charge in [0.2, 0.25) is 0 Å². The number of fused-ring (bicyclic) bond motifs is 1. The Kier molecular flexibility index (Phi) is 4.70. The summed E-state index contributed by atoms with van der Waals surface area (Å²) in [7, 11) is 0. The van der Waals surface area contributed by atoms with E-state index in [2.05, 4.69) is 10.2 Å². The van der Waals surface area contributed by atoms with Crippen LogP contribution in [0.3, 0.4) is 0 Å². The lowest BCUT2D eigenvalue weighted by Gasteiger charge is -2.22. The van der Waals surface area contributed by atoms with Crippen molar-refractivity contribution in [1.29, 1.82) is 0 Å². The first-order valence-electron chi connectivity index (χ1n) is 8.01. The van der Waals surface area contributed by atoms with Crippen LogP contribution in [-0.2, 0) is 6.54 Å². The first kappa shape index (κ1) is 15.9. The Morgan fingerprint density at radius 3 is 2.42 bits per heavy atom. The van der Waals surface area contributed by atoms with Crippen molar-refractivity contribution in [3.05, 3.63) is 76.2 Å². The third-order valence-electron chi connectivity index (χ3n) is 3.90. The fourth-order valence-corrected chi connectivity index (χ4v) is 2.75. The predicted molar refractivity (Wildman–Crippen MR) is 93.8 cm³/mol. The Morgan fingerprint density at radius 2 is 1.71 bits per heavy atom. The van der Waals surface area contributed by atoms with E-state index in [9.17, 15) is 9.59 Å². The van der Waals surface area contributed by atoms with Crippen LogP contribution >= 0.6 is 0 Å². The van der Waals surface area contributed by atoms with Gasteiger partial charge >= 0.3 is 0 Å². The van der Waals surface area contributed by atoms with Crippen LogP contribution in [0, 0.1) is 0 Å². The number of nitrogens with zero attached hydrogens (tertiary/aromatic N) is 2. The number of carbonyl (C=O) groups excluding carboxylic acids is 1. The summed E-state index contributed by atoms with van der Waals surface area (Å²) in [5.41, 5.74) is 1.06. The lowest BCUT2D eigenvalue weighted by atomic mass is 10.1. The van der Waals surface area contributed by atoms with E-state index in [-0.39, 0.29) is 17.2 Å². The molecule has 1 heterocycles. The van der Waals surface area contributed by atoms with Crippen molar-refractivity contribution in [1.82, 2.24) is 15.1 Å². The van der Waals surface area contributed by atoms with Gasteiger partial charge < -0.3 is 4.90 Å². The lowest BCUT2D eigenvalue weighted by molar-refractivity contribution is 0.0738. The molecule has 0 saturated heterocycles. The molecule has 0 fully saturated rings. The highest BCUT2D eigenvalue weighted by molar-refractivity contribution is 6.04. The number of nitrogens with one attached hydrogen (secondary N) is 1. The molecule has 1 N–H and O–H groups in total. The molecule has 0 saturated carbocycles. The van der Waals surface area contributed by atoms with Gasteiger partial charge in [-0.15, -0.1) is 0 Å². The number of amides is 1. The Morgan fingerprint density at radius 1 is 1.04 bits per heavy atom. The van der Waals surface area contributed by atoms with E-state index in [1.54, 1.807) is 23.1 Å². The second kappa shape index (κ2) is 7.08. The third kappa shape index (κ3) is 3.20. The molecule has 122 valence electrons. The minimum Gasteiger partial charge on any atom is -0.333 e. The van der Waals surface area contributed by atoms with Gasteiger partial charge in [-0.3, -0.25) is 9.59 Å². The van der Waals surface area contributed by atoms with Crippen molar-refractivity contribution in [2.45, 2.75) is 19.9 Å². The fourth-order valence-electron chi connectivity index (χ4n) is 2.75. The number of benzene rings is 2. The van der Waals surface area contributed by atoms with Crippen LogP contribution < -0.4 is 5.56 Å². The molecule has 24 heavy (non-hydrogen) atoms. The molecular weight excluding hydrogens is 302 g/mol. The number of hydrogen-bond acceptors (Lipinski definition) is 3. The standard InChI is InChI=1S/C19H19N3O2/c1-2-12-22(13-14-8-4-3-5-9-14)19(24)17-15-10-6-7-11-16(15)18(23)21-20-17/h3-11H,2,12-13H2,1H3,(H,21,23). The molecule has 2 aromatic carbocycles. The first-order chi connectivity index (χ1) is 11.7. The highest BCUT2D eigenvalue weighted by Crippen LogP contribution is 2.16. The number of carbonyl (C=O) groups is 1. The number of H-pyrrole nitrogens is 1. The summed E-state index contributed by atoms with van der Waals surface area (Å²) in [4.78, 5) is 26.7. The maximum Gasteiger partial charge on any atom is 0.275 e. The second-order valence-electron chi connectivity index (χ2n) is 5.66. The topological polar surface area (TPSA) is 66.1 Å². The summed E-state index contributed by atoms with van der Waals surface area (Å²) in [6, 6.07) is 16.9. The molecule has 0 atom stereocenters. The van der Waals surface area contributed by atoms with Gasteiger partial charge in [0, 0.05) is 18.5 Å². The maximum absolute atomic E-state index is 13.0. The van der Waals surface area contributed by atoms with Crippen molar-refractivity contribution in [2.75, 3.05) is 6.54 Å². The quantitative estimate of drug-likeness (QED) is 0.785. The van der Waals surface area contributed by atoms with Gasteiger partial charge in [-0.25, -0.2) is 5.10 Å². The van der Waals surface area contributed by atoms with Gasteiger partial charge in [0.1, 0.15) is 0 Å². The molecule has 0 aliphatic heterocycles. The van der Waals surface area contributed by atoms with Gasteiger partial charge in [-0.2, -0.15) is 5.10 Å². The molecule has 5 heteroatoms. The SMILES string of the molecule is CCCN(Cc1ccccc1)C(=O)c1n[nH]c(=O)c2ccccc12. The number of rotatable bonds is 5. The van der Waals surface area contributed by atoms with Crippen LogP contribution in [0.2, 0.25) is 0 Å². The lowest BCUT2D eigenvalue weighted by Crippen LogP contribution is -2.33. The smallest absolute Gasteiger partial charge is 0.275 e. The fraction of sp³-hybridized carbons (Fsp3) is 0.211. The number of aromatic amines is 1. The minimum atomic E-state index is -0.285. The first-order valence-corrected chi connectivity index (χ1v) is 8.01. The zero-order valence-corrected chi connectivity index (χ0v) is 13.5. The molecule has 5 nitrogen and oxygen atoms in total. The normalized spacial score (nSPS) is 10.7. The van der Waals surface area contributed by atoms with Crippen molar-refractivity contribution in [2.24, 2.45) is 0 Å². The van der Waals surface area contributed by atoms with E-state index in [1.165, 1.54) is 0 Å². The summed E-state index contributed by atoms with van der Waals surface area (Å²) in [6.45, 7) is 3.18. The van der Waals surface area contributed by atoms with Crippen molar-refractivity contribution in [3.63, 3.8) is 0 Å². The highest BCUT2D eigenvalue weighted by atomic mass is 16.2. The minimum absolute atomic E-state index is 0.173. The zero-order valence-electron chi connectivity index (χ0n) is 13.5. The second-order valence-corrected chi connectivity index (χ2v) is 5.66. The van der Waals surface area contributed by atoms with Crippen LogP contribution in [0.5, 0.6) is 0 Å². The molecule has 0 bridgehead atoms. The van der Waals surface area contributed by atoms with Gasteiger partial charge in [-0.1, -0.05) is 55.5 Å². The van der Waals surface area contributed by atoms with Crippen molar-refractivity contribution >= 4 is 16.7 Å². The van der Waals surface area contributed by atoms with E-state index in [1.807, 2.05) is 43.3 Å². The molecule has 3 rings (SSSR count). The largest absolute Gasteiger partial charge is 0.333 e. The van der Waals surface area contributed by atoms with E-state index < -0.39 is 0 Å². The summed E-state index contributed by atoms with van der Waals surface area (Å²) in [6.07, 6.45) is 0.847. The van der Waals surface area contributed by atoms with Crippen LogP contribution in [0.25, 0.3) is 10.8 Å². The molecule has 1 aromatic heterocycles. The Labute approximate surface area is 139 Å². The average Bonchev–Trinajstić information content (AvgIpc) is 2.62.